The Balaban J connectivity index is 2.85. The van der Waals surface area contributed by atoms with Gasteiger partial charge in [0.2, 0.25) is 0 Å². The number of nitrogens with zero attached hydrogens (tertiary/aromatic N) is 1. The summed E-state index contributed by atoms with van der Waals surface area (Å²) in [4.78, 5) is 10.2. The van der Waals surface area contributed by atoms with Crippen molar-refractivity contribution in [1.82, 2.24) is 0 Å². The molecule has 1 aromatic carbocycles. The van der Waals surface area contributed by atoms with Gasteiger partial charge in [0.25, 0.3) is 5.69 Å². The van der Waals surface area contributed by atoms with E-state index in [4.69, 9.17) is 14.6 Å². The van der Waals surface area contributed by atoms with Crippen LogP contribution in [0.5, 0.6) is 11.5 Å². The molecule has 0 aliphatic carbocycles. The van der Waals surface area contributed by atoms with Gasteiger partial charge >= 0.3 is 0 Å². The van der Waals surface area contributed by atoms with E-state index in [0.29, 0.717) is 24.5 Å². The van der Waals surface area contributed by atoms with E-state index in [-0.39, 0.29) is 18.9 Å². The summed E-state index contributed by atoms with van der Waals surface area (Å²) in [6, 6.07) is 4.13. The lowest BCUT2D eigenvalue weighted by atomic mass is 10.3. The maximum Gasteiger partial charge on any atom is 0.273 e. The Morgan fingerprint density at radius 3 is 2.78 bits per heavy atom. The fraction of sp³-hybridized carbons (Fsp3) is 0.333. The van der Waals surface area contributed by atoms with Gasteiger partial charge < -0.3 is 14.6 Å². The quantitative estimate of drug-likeness (QED) is 0.331. The van der Waals surface area contributed by atoms with Gasteiger partial charge in [-0.2, -0.15) is 0 Å². The van der Waals surface area contributed by atoms with Crippen LogP contribution in [0.4, 0.5) is 5.69 Å². The third-order valence-corrected chi connectivity index (χ3v) is 2.05. The number of non-ortho nitro benzene ring substituents is 1. The second-order valence-electron chi connectivity index (χ2n) is 3.41. The monoisotopic (exact) mass is 253 g/mol. The number of hydrogen-bond acceptors (Lipinski definition) is 5. The molecule has 1 aromatic rings. The fourth-order valence-electron chi connectivity index (χ4n) is 1.24. The predicted molar refractivity (Wildman–Crippen MR) is 66.0 cm³/mol. The minimum atomic E-state index is -0.502. The summed E-state index contributed by atoms with van der Waals surface area (Å²) in [7, 11) is 0. The van der Waals surface area contributed by atoms with E-state index >= 15 is 0 Å². The zero-order valence-corrected chi connectivity index (χ0v) is 9.87. The van der Waals surface area contributed by atoms with Crippen LogP contribution in [0.1, 0.15) is 6.42 Å². The molecular formula is C12H15NO5. The molecule has 1 N–H and O–H groups in total. The number of nitro benzene ring substituents is 1. The number of rotatable bonds is 8. The standard InChI is InChI=1S/C12H15NO5/c1-2-7-17-12-9-10(13(15)16)4-5-11(12)18-8-3-6-14/h2,4-5,9,14H,1,3,6-8H2. The first-order chi connectivity index (χ1) is 8.69. The minimum Gasteiger partial charge on any atom is -0.490 e. The van der Waals surface area contributed by atoms with Gasteiger partial charge in [-0.1, -0.05) is 12.7 Å². The van der Waals surface area contributed by atoms with Crippen molar-refractivity contribution >= 4 is 5.69 Å². The molecule has 0 heterocycles. The predicted octanol–water partition coefficient (Wildman–Crippen LogP) is 1.92. The first-order valence-electron chi connectivity index (χ1n) is 5.45. The zero-order valence-electron chi connectivity index (χ0n) is 9.87. The maximum atomic E-state index is 10.7. The number of benzene rings is 1. The molecule has 0 aromatic heterocycles. The molecule has 18 heavy (non-hydrogen) atoms. The lowest BCUT2D eigenvalue weighted by Gasteiger charge is -2.11. The average molecular weight is 253 g/mol. The van der Waals surface area contributed by atoms with Crippen LogP contribution in [0, 0.1) is 10.1 Å². The summed E-state index contributed by atoms with van der Waals surface area (Å²) in [5.74, 6) is 0.706. The van der Waals surface area contributed by atoms with Gasteiger partial charge in [-0.05, 0) is 6.07 Å². The molecule has 0 bridgehead atoms. The van der Waals surface area contributed by atoms with Crippen LogP contribution in [0.15, 0.2) is 30.9 Å². The summed E-state index contributed by atoms with van der Waals surface area (Å²) in [6.45, 7) is 4.08. The first-order valence-corrected chi connectivity index (χ1v) is 5.45. The van der Waals surface area contributed by atoms with Crippen molar-refractivity contribution in [2.24, 2.45) is 0 Å². The lowest BCUT2D eigenvalue weighted by Crippen LogP contribution is -2.03. The van der Waals surface area contributed by atoms with Crippen molar-refractivity contribution < 1.29 is 19.5 Å². The van der Waals surface area contributed by atoms with Gasteiger partial charge in [0, 0.05) is 19.1 Å². The molecule has 0 saturated heterocycles. The highest BCUT2D eigenvalue weighted by atomic mass is 16.6. The number of ether oxygens (including phenoxy) is 2. The average Bonchev–Trinajstić information content (AvgIpc) is 2.37. The van der Waals surface area contributed by atoms with Gasteiger partial charge in [0.1, 0.15) is 6.61 Å². The topological polar surface area (TPSA) is 81.8 Å². The molecule has 6 nitrogen and oxygen atoms in total. The molecule has 0 atom stereocenters. The molecule has 0 aliphatic rings. The van der Waals surface area contributed by atoms with Crippen LogP contribution < -0.4 is 9.47 Å². The SMILES string of the molecule is C=CCOc1cc([N+](=O)[O-])ccc1OCCCO. The van der Waals surface area contributed by atoms with E-state index in [2.05, 4.69) is 6.58 Å². The van der Waals surface area contributed by atoms with Gasteiger partial charge in [-0.3, -0.25) is 10.1 Å². The van der Waals surface area contributed by atoms with Crippen molar-refractivity contribution in [3.05, 3.63) is 41.0 Å². The van der Waals surface area contributed by atoms with Crippen LogP contribution >= 0.6 is 0 Å². The number of aliphatic hydroxyl groups is 1. The summed E-state index contributed by atoms with van der Waals surface area (Å²) in [5, 5.41) is 19.3. The molecule has 0 aliphatic heterocycles. The molecule has 98 valence electrons. The van der Waals surface area contributed by atoms with Crippen LogP contribution in [0.2, 0.25) is 0 Å². The fourth-order valence-corrected chi connectivity index (χ4v) is 1.24. The zero-order chi connectivity index (χ0) is 13.4. The van der Waals surface area contributed by atoms with E-state index in [9.17, 15) is 10.1 Å². The Kier molecular flexibility index (Phi) is 5.66. The molecule has 0 spiro atoms. The molecule has 6 heteroatoms. The molecule has 0 saturated carbocycles. The van der Waals surface area contributed by atoms with Gasteiger partial charge in [0.05, 0.1) is 17.6 Å². The van der Waals surface area contributed by atoms with E-state index in [1.807, 2.05) is 0 Å². The molecule has 0 radical (unpaired) electrons. The lowest BCUT2D eigenvalue weighted by molar-refractivity contribution is -0.385. The summed E-state index contributed by atoms with van der Waals surface area (Å²) in [5.41, 5.74) is -0.0661. The first kappa shape index (κ1) is 14.0. The third kappa shape index (κ3) is 4.06. The Labute approximate surface area is 105 Å². The summed E-state index contributed by atoms with van der Waals surface area (Å²) < 4.78 is 10.7. The van der Waals surface area contributed by atoms with Crippen molar-refractivity contribution in [2.45, 2.75) is 6.42 Å². The van der Waals surface area contributed by atoms with E-state index < -0.39 is 4.92 Å². The number of hydrogen-bond donors (Lipinski definition) is 1. The summed E-state index contributed by atoms with van der Waals surface area (Å²) in [6.07, 6.45) is 2.02. The van der Waals surface area contributed by atoms with Crippen LogP contribution in [-0.2, 0) is 0 Å². The second-order valence-corrected chi connectivity index (χ2v) is 3.41. The third-order valence-electron chi connectivity index (χ3n) is 2.05. The van der Waals surface area contributed by atoms with Crippen molar-refractivity contribution in [3.63, 3.8) is 0 Å². The van der Waals surface area contributed by atoms with Crippen molar-refractivity contribution in [3.8, 4) is 11.5 Å². The largest absolute Gasteiger partial charge is 0.490 e. The van der Waals surface area contributed by atoms with E-state index in [1.54, 1.807) is 0 Å². The highest BCUT2D eigenvalue weighted by Crippen LogP contribution is 2.31. The molecule has 0 unspecified atom stereocenters. The molecule has 1 rings (SSSR count). The minimum absolute atomic E-state index is 0.0236. The molecule has 0 fully saturated rings. The normalized spacial score (nSPS) is 9.83. The van der Waals surface area contributed by atoms with Crippen LogP contribution in [0.3, 0.4) is 0 Å². The van der Waals surface area contributed by atoms with Crippen molar-refractivity contribution in [2.75, 3.05) is 19.8 Å². The maximum absolute atomic E-state index is 10.7. The van der Waals surface area contributed by atoms with Crippen LogP contribution in [-0.4, -0.2) is 29.9 Å². The smallest absolute Gasteiger partial charge is 0.273 e. The van der Waals surface area contributed by atoms with E-state index in [0.717, 1.165) is 0 Å². The second kappa shape index (κ2) is 7.29. The Morgan fingerprint density at radius 1 is 1.39 bits per heavy atom. The number of aliphatic hydroxyl groups excluding tert-OH is 1. The Morgan fingerprint density at radius 2 is 2.17 bits per heavy atom. The van der Waals surface area contributed by atoms with E-state index in [1.165, 1.54) is 24.3 Å². The van der Waals surface area contributed by atoms with Gasteiger partial charge in [0.15, 0.2) is 11.5 Å². The van der Waals surface area contributed by atoms with Gasteiger partial charge in [-0.25, -0.2) is 0 Å². The summed E-state index contributed by atoms with van der Waals surface area (Å²) >= 11 is 0. The molecule has 0 amide bonds. The Bertz CT molecular complexity index is 419. The number of nitro groups is 1. The highest BCUT2D eigenvalue weighted by Gasteiger charge is 2.12. The highest BCUT2D eigenvalue weighted by molar-refractivity contribution is 5.48. The van der Waals surface area contributed by atoms with Crippen molar-refractivity contribution in [1.29, 1.82) is 0 Å². The van der Waals surface area contributed by atoms with Crippen LogP contribution in [0.25, 0.3) is 0 Å². The van der Waals surface area contributed by atoms with Gasteiger partial charge in [-0.15, -0.1) is 0 Å². The molecular weight excluding hydrogens is 238 g/mol. The Hall–Kier alpha value is -2.08.